The summed E-state index contributed by atoms with van der Waals surface area (Å²) in [7, 11) is 0. The second kappa shape index (κ2) is 3.12. The van der Waals surface area contributed by atoms with Crippen molar-refractivity contribution in [3.05, 3.63) is 5.56 Å². The van der Waals surface area contributed by atoms with E-state index in [1.54, 1.807) is 0 Å². The summed E-state index contributed by atoms with van der Waals surface area (Å²) in [6.07, 6.45) is 1.33. The summed E-state index contributed by atoms with van der Waals surface area (Å²) in [6, 6.07) is 0. The van der Waals surface area contributed by atoms with Crippen LogP contribution < -0.4 is 11.1 Å². The summed E-state index contributed by atoms with van der Waals surface area (Å²) in [5, 5.41) is 4.56. The van der Waals surface area contributed by atoms with Gasteiger partial charge in [-0.3, -0.25) is 0 Å². The van der Waals surface area contributed by atoms with Gasteiger partial charge in [0.15, 0.2) is 0 Å². The summed E-state index contributed by atoms with van der Waals surface area (Å²) in [6.45, 7) is 7.69. The first-order valence-electron chi connectivity index (χ1n) is 4.96. The Bertz CT molecular complexity index is 343. The van der Waals surface area contributed by atoms with E-state index >= 15 is 0 Å². The van der Waals surface area contributed by atoms with Crippen LogP contribution in [0.15, 0.2) is 0 Å². The number of nitrogens with two attached hydrogens (primary N) is 1. The maximum atomic E-state index is 5.68. The fraction of sp³-hybridized carbons (Fsp3) is 0.700. The molecule has 1 saturated carbocycles. The summed E-state index contributed by atoms with van der Waals surface area (Å²) in [5.41, 5.74) is 7.31. The Labute approximate surface area is 88.9 Å². The van der Waals surface area contributed by atoms with Crippen molar-refractivity contribution in [2.24, 2.45) is 11.3 Å². The molecule has 1 heterocycles. The molecule has 14 heavy (non-hydrogen) atoms. The standard InChI is InChI=1S/C10H17N3S/c1-6-8(11)13-14-9(6)12-5-7-4-10(7,2)3/h7,12H,4-5H2,1-3H3,(H2,11,13). The van der Waals surface area contributed by atoms with E-state index in [1.807, 2.05) is 6.92 Å². The molecule has 1 aliphatic carbocycles. The van der Waals surface area contributed by atoms with Crippen molar-refractivity contribution in [3.63, 3.8) is 0 Å². The van der Waals surface area contributed by atoms with E-state index in [4.69, 9.17) is 5.73 Å². The van der Waals surface area contributed by atoms with E-state index in [9.17, 15) is 0 Å². The van der Waals surface area contributed by atoms with Crippen LogP contribution in [0.2, 0.25) is 0 Å². The third-order valence-corrected chi connectivity index (χ3v) is 4.11. The van der Waals surface area contributed by atoms with E-state index in [-0.39, 0.29) is 0 Å². The zero-order chi connectivity index (χ0) is 10.3. The molecular weight excluding hydrogens is 194 g/mol. The Morgan fingerprint density at radius 2 is 2.29 bits per heavy atom. The van der Waals surface area contributed by atoms with Crippen LogP contribution in [0.5, 0.6) is 0 Å². The molecule has 0 bridgehead atoms. The van der Waals surface area contributed by atoms with E-state index in [0.29, 0.717) is 11.2 Å². The number of anilines is 2. The van der Waals surface area contributed by atoms with Crippen molar-refractivity contribution in [1.29, 1.82) is 0 Å². The molecule has 0 radical (unpaired) electrons. The first-order valence-corrected chi connectivity index (χ1v) is 5.73. The van der Waals surface area contributed by atoms with Gasteiger partial charge in [0.05, 0.1) is 0 Å². The van der Waals surface area contributed by atoms with Gasteiger partial charge in [0.1, 0.15) is 10.8 Å². The van der Waals surface area contributed by atoms with Crippen LogP contribution in [0.3, 0.4) is 0 Å². The molecule has 1 atom stereocenters. The fourth-order valence-corrected chi connectivity index (χ4v) is 2.37. The molecule has 0 spiro atoms. The van der Waals surface area contributed by atoms with E-state index in [1.165, 1.54) is 18.0 Å². The van der Waals surface area contributed by atoms with Crippen molar-refractivity contribution in [3.8, 4) is 0 Å². The van der Waals surface area contributed by atoms with Crippen LogP contribution in [-0.4, -0.2) is 10.9 Å². The van der Waals surface area contributed by atoms with Gasteiger partial charge in [0.25, 0.3) is 0 Å². The Morgan fingerprint density at radius 3 is 2.71 bits per heavy atom. The molecular formula is C10H17N3S. The van der Waals surface area contributed by atoms with E-state index in [0.717, 1.165) is 23.0 Å². The number of nitrogens with zero attached hydrogens (tertiary/aromatic N) is 1. The third kappa shape index (κ3) is 1.71. The number of hydrogen-bond donors (Lipinski definition) is 2. The van der Waals surface area contributed by atoms with Crippen molar-refractivity contribution in [2.45, 2.75) is 27.2 Å². The minimum atomic E-state index is 0.539. The van der Waals surface area contributed by atoms with Crippen molar-refractivity contribution in [2.75, 3.05) is 17.6 Å². The topological polar surface area (TPSA) is 50.9 Å². The molecule has 0 saturated heterocycles. The molecule has 78 valence electrons. The van der Waals surface area contributed by atoms with Gasteiger partial charge in [-0.1, -0.05) is 13.8 Å². The smallest absolute Gasteiger partial charge is 0.142 e. The second-order valence-corrected chi connectivity index (χ2v) is 5.57. The Morgan fingerprint density at radius 1 is 1.64 bits per heavy atom. The summed E-state index contributed by atoms with van der Waals surface area (Å²) in [4.78, 5) is 0. The Kier molecular flexibility index (Phi) is 2.18. The van der Waals surface area contributed by atoms with Crippen molar-refractivity contribution < 1.29 is 0 Å². The zero-order valence-corrected chi connectivity index (χ0v) is 9.74. The summed E-state index contributed by atoms with van der Waals surface area (Å²) in [5.74, 6) is 1.47. The van der Waals surface area contributed by atoms with Gasteiger partial charge in [-0.2, -0.15) is 4.37 Å². The monoisotopic (exact) mass is 211 g/mol. The molecule has 0 aliphatic heterocycles. The highest BCUT2D eigenvalue weighted by Gasteiger charge is 2.45. The SMILES string of the molecule is Cc1c(N)nsc1NCC1CC1(C)C. The molecule has 1 aliphatic rings. The lowest BCUT2D eigenvalue weighted by atomic mass is 10.1. The van der Waals surface area contributed by atoms with Crippen molar-refractivity contribution >= 4 is 22.4 Å². The lowest BCUT2D eigenvalue weighted by Crippen LogP contribution is -2.06. The van der Waals surface area contributed by atoms with Crippen LogP contribution in [-0.2, 0) is 0 Å². The quantitative estimate of drug-likeness (QED) is 0.807. The average molecular weight is 211 g/mol. The maximum Gasteiger partial charge on any atom is 0.142 e. The predicted octanol–water partition coefficient (Wildman–Crippen LogP) is 2.49. The second-order valence-electron chi connectivity index (χ2n) is 4.79. The maximum absolute atomic E-state index is 5.68. The van der Waals surface area contributed by atoms with Gasteiger partial charge in [0.2, 0.25) is 0 Å². The summed E-state index contributed by atoms with van der Waals surface area (Å²) < 4.78 is 4.11. The number of nitrogen functional groups attached to an aromatic ring is 1. The van der Waals surface area contributed by atoms with Gasteiger partial charge in [0, 0.05) is 12.1 Å². The van der Waals surface area contributed by atoms with Gasteiger partial charge in [-0.15, -0.1) is 0 Å². The largest absolute Gasteiger partial charge is 0.383 e. The molecule has 4 heteroatoms. The van der Waals surface area contributed by atoms with Crippen LogP contribution in [0.4, 0.5) is 10.8 Å². The Balaban J connectivity index is 1.90. The molecule has 0 amide bonds. The van der Waals surface area contributed by atoms with E-state index in [2.05, 4.69) is 23.5 Å². The first-order chi connectivity index (χ1) is 6.50. The van der Waals surface area contributed by atoms with Crippen LogP contribution in [0.25, 0.3) is 0 Å². The number of rotatable bonds is 3. The molecule has 0 aromatic carbocycles. The lowest BCUT2D eigenvalue weighted by molar-refractivity contribution is 0.573. The van der Waals surface area contributed by atoms with E-state index < -0.39 is 0 Å². The molecule has 2 rings (SSSR count). The molecule has 1 aromatic rings. The predicted molar refractivity (Wildman–Crippen MR) is 61.6 cm³/mol. The van der Waals surface area contributed by atoms with Gasteiger partial charge < -0.3 is 11.1 Å². The van der Waals surface area contributed by atoms with Gasteiger partial charge >= 0.3 is 0 Å². The molecule has 1 aromatic heterocycles. The number of nitrogens with one attached hydrogen (secondary N) is 1. The lowest BCUT2D eigenvalue weighted by Gasteiger charge is -2.05. The highest BCUT2D eigenvalue weighted by molar-refractivity contribution is 7.10. The number of aromatic nitrogens is 1. The number of hydrogen-bond acceptors (Lipinski definition) is 4. The normalized spacial score (nSPS) is 23.5. The molecule has 3 N–H and O–H groups in total. The van der Waals surface area contributed by atoms with Crippen LogP contribution >= 0.6 is 11.5 Å². The average Bonchev–Trinajstić information content (AvgIpc) is 2.60. The summed E-state index contributed by atoms with van der Waals surface area (Å²) >= 11 is 1.46. The minimum Gasteiger partial charge on any atom is -0.383 e. The third-order valence-electron chi connectivity index (χ3n) is 3.19. The van der Waals surface area contributed by atoms with Crippen LogP contribution in [0.1, 0.15) is 25.8 Å². The van der Waals surface area contributed by atoms with Gasteiger partial charge in [-0.25, -0.2) is 0 Å². The van der Waals surface area contributed by atoms with Crippen molar-refractivity contribution in [1.82, 2.24) is 4.37 Å². The Hall–Kier alpha value is -0.770. The molecule has 3 nitrogen and oxygen atoms in total. The first kappa shape index (κ1) is 9.77. The van der Waals surface area contributed by atoms with Crippen LogP contribution in [0, 0.1) is 18.3 Å². The zero-order valence-electron chi connectivity index (χ0n) is 8.92. The highest BCUT2D eigenvalue weighted by atomic mass is 32.1. The molecule has 1 fully saturated rings. The molecule has 1 unspecified atom stereocenters. The fourth-order valence-electron chi connectivity index (χ4n) is 1.65. The minimum absolute atomic E-state index is 0.539. The highest BCUT2D eigenvalue weighted by Crippen LogP contribution is 2.51. The van der Waals surface area contributed by atoms with Gasteiger partial charge in [-0.05, 0) is 36.2 Å².